The van der Waals surface area contributed by atoms with Crippen LogP contribution in [0.2, 0.25) is 0 Å². The zero-order valence-corrected chi connectivity index (χ0v) is 23.5. The molecule has 196 valence electrons. The van der Waals surface area contributed by atoms with Crippen molar-refractivity contribution in [1.82, 2.24) is 0 Å². The normalized spacial score (nSPS) is 12.7. The molecule has 0 fully saturated rings. The molecule has 0 saturated heterocycles. The molecular weight excluding hydrogens is 516 g/mol. The van der Waals surface area contributed by atoms with Crippen LogP contribution >= 0.6 is 11.8 Å². The summed E-state index contributed by atoms with van der Waals surface area (Å²) in [6.07, 6.45) is 4.11. The van der Waals surface area contributed by atoms with Gasteiger partial charge in [0.25, 0.3) is 0 Å². The van der Waals surface area contributed by atoms with Gasteiger partial charge in [-0.25, -0.2) is 0 Å². The Morgan fingerprint density at radius 2 is 0.780 bits per heavy atom. The van der Waals surface area contributed by atoms with E-state index in [9.17, 15) is 0 Å². The molecule has 0 atom stereocenters. The summed E-state index contributed by atoms with van der Waals surface area (Å²) >= 11 is 1.92. The van der Waals surface area contributed by atoms with Gasteiger partial charge >= 0.3 is 0 Å². The SMILES string of the molecule is C(=NCCSCCN=Cc1ccc2ccc3cccc4ccc1c2c34)c1ccc2ccc3cccc4ccc1c2c34. The molecule has 0 aliphatic heterocycles. The van der Waals surface area contributed by atoms with Gasteiger partial charge in [0, 0.05) is 48.2 Å². The molecule has 0 amide bonds. The second kappa shape index (κ2) is 10.2. The molecule has 0 radical (unpaired) electrons. The summed E-state index contributed by atoms with van der Waals surface area (Å²) in [6, 6.07) is 39.8. The van der Waals surface area contributed by atoms with Crippen LogP contribution in [0.15, 0.2) is 119 Å². The van der Waals surface area contributed by atoms with Crippen LogP contribution in [0, 0.1) is 0 Å². The summed E-state index contributed by atoms with van der Waals surface area (Å²) in [5.41, 5.74) is 2.39. The fourth-order valence-corrected chi connectivity index (χ4v) is 7.08. The predicted molar refractivity (Wildman–Crippen MR) is 183 cm³/mol. The second-order valence-corrected chi connectivity index (χ2v) is 11.9. The molecule has 0 aromatic heterocycles. The van der Waals surface area contributed by atoms with E-state index in [0.717, 1.165) is 24.6 Å². The van der Waals surface area contributed by atoms with Crippen LogP contribution in [0.4, 0.5) is 0 Å². The van der Waals surface area contributed by atoms with Crippen molar-refractivity contribution in [3.63, 3.8) is 0 Å². The minimum Gasteiger partial charge on any atom is -0.292 e. The average molecular weight is 545 g/mol. The number of rotatable bonds is 8. The first kappa shape index (κ1) is 24.3. The third-order valence-corrected chi connectivity index (χ3v) is 9.26. The molecule has 0 spiro atoms. The molecule has 0 bridgehead atoms. The monoisotopic (exact) mass is 544 g/mol. The Balaban J connectivity index is 0.909. The van der Waals surface area contributed by atoms with E-state index in [4.69, 9.17) is 9.98 Å². The maximum atomic E-state index is 4.78. The van der Waals surface area contributed by atoms with Crippen molar-refractivity contribution < 1.29 is 0 Å². The van der Waals surface area contributed by atoms with Gasteiger partial charge < -0.3 is 0 Å². The van der Waals surface area contributed by atoms with Gasteiger partial charge in [-0.05, 0) is 64.6 Å². The van der Waals surface area contributed by atoms with Gasteiger partial charge in [0.1, 0.15) is 0 Å². The van der Waals surface area contributed by atoms with Gasteiger partial charge in [0.05, 0.1) is 0 Å². The zero-order valence-electron chi connectivity index (χ0n) is 22.7. The first-order valence-corrected chi connectivity index (χ1v) is 15.4. The Labute approximate surface area is 243 Å². The van der Waals surface area contributed by atoms with Gasteiger partial charge in [-0.3, -0.25) is 9.98 Å². The highest BCUT2D eigenvalue weighted by atomic mass is 32.2. The summed E-state index contributed by atoms with van der Waals surface area (Å²) in [7, 11) is 0. The fraction of sp³-hybridized carbons (Fsp3) is 0.105. The first-order chi connectivity index (χ1) is 20.3. The van der Waals surface area contributed by atoms with Crippen LogP contribution in [0.1, 0.15) is 11.1 Å². The second-order valence-electron chi connectivity index (χ2n) is 10.7. The largest absolute Gasteiger partial charge is 0.292 e. The summed E-state index contributed by atoms with van der Waals surface area (Å²) in [4.78, 5) is 9.56. The lowest BCUT2D eigenvalue weighted by molar-refractivity contribution is 1.13. The molecule has 8 aromatic rings. The Hall–Kier alpha value is -4.47. The molecule has 0 saturated carbocycles. The number of hydrogen-bond acceptors (Lipinski definition) is 3. The van der Waals surface area contributed by atoms with Crippen LogP contribution < -0.4 is 0 Å². The van der Waals surface area contributed by atoms with Crippen LogP contribution in [0.3, 0.4) is 0 Å². The quantitative estimate of drug-likeness (QED) is 0.106. The number of thioether (sulfide) groups is 1. The predicted octanol–water partition coefficient (Wildman–Crippen LogP) is 9.75. The van der Waals surface area contributed by atoms with E-state index in [1.807, 2.05) is 11.8 Å². The third kappa shape index (κ3) is 4.20. The van der Waals surface area contributed by atoms with Crippen molar-refractivity contribution in [3.05, 3.63) is 120 Å². The number of hydrogen-bond donors (Lipinski definition) is 0. The standard InChI is InChI=1S/C38H28N2S/c1-3-25-7-9-29-11-13-31(33-17-15-27(5-1)35(25)37(29)33)23-39-19-21-41-22-20-40-24-32-14-12-30-10-8-26-4-2-6-28-16-18-34(32)38(30)36(26)28/h1-18,23-24H,19-22H2. The molecule has 0 heterocycles. The topological polar surface area (TPSA) is 24.7 Å². The van der Waals surface area contributed by atoms with Gasteiger partial charge in [0.2, 0.25) is 0 Å². The number of aliphatic imine (C=N–C) groups is 2. The highest BCUT2D eigenvalue weighted by molar-refractivity contribution is 7.99. The van der Waals surface area contributed by atoms with E-state index >= 15 is 0 Å². The van der Waals surface area contributed by atoms with Crippen molar-refractivity contribution >= 4 is 88.8 Å². The molecule has 0 aliphatic carbocycles. The Morgan fingerprint density at radius 1 is 0.415 bits per heavy atom. The van der Waals surface area contributed by atoms with Gasteiger partial charge in [-0.15, -0.1) is 0 Å². The van der Waals surface area contributed by atoms with Crippen molar-refractivity contribution in [2.24, 2.45) is 9.98 Å². The van der Waals surface area contributed by atoms with Crippen LogP contribution in [-0.4, -0.2) is 37.0 Å². The molecule has 0 N–H and O–H groups in total. The maximum Gasteiger partial charge on any atom is 0.0480 e. The van der Waals surface area contributed by atoms with Crippen molar-refractivity contribution in [3.8, 4) is 0 Å². The van der Waals surface area contributed by atoms with Crippen LogP contribution in [-0.2, 0) is 0 Å². The van der Waals surface area contributed by atoms with E-state index in [-0.39, 0.29) is 0 Å². The number of benzene rings is 8. The lowest BCUT2D eigenvalue weighted by atomic mass is 9.92. The van der Waals surface area contributed by atoms with Gasteiger partial charge in [-0.2, -0.15) is 11.8 Å². The minimum atomic E-state index is 0.811. The average Bonchev–Trinajstić information content (AvgIpc) is 3.02. The molecule has 3 heteroatoms. The Morgan fingerprint density at radius 3 is 1.22 bits per heavy atom. The smallest absolute Gasteiger partial charge is 0.0480 e. The lowest BCUT2D eigenvalue weighted by Gasteiger charge is -2.12. The molecule has 8 rings (SSSR count). The van der Waals surface area contributed by atoms with E-state index < -0.39 is 0 Å². The van der Waals surface area contributed by atoms with E-state index in [1.165, 1.54) is 75.8 Å². The summed E-state index contributed by atoms with van der Waals surface area (Å²) in [6.45, 7) is 1.62. The molecular formula is C38H28N2S. The minimum absolute atomic E-state index is 0.811. The maximum absolute atomic E-state index is 4.78. The van der Waals surface area contributed by atoms with E-state index in [0.29, 0.717) is 0 Å². The molecule has 0 aliphatic rings. The third-order valence-electron chi connectivity index (χ3n) is 8.31. The summed E-state index contributed by atoms with van der Waals surface area (Å²) in [5.74, 6) is 1.99. The Bertz CT molecular complexity index is 2050. The van der Waals surface area contributed by atoms with Crippen LogP contribution in [0.25, 0.3) is 64.6 Å². The molecule has 0 unspecified atom stereocenters. The first-order valence-electron chi connectivity index (χ1n) is 14.3. The van der Waals surface area contributed by atoms with Crippen molar-refractivity contribution in [1.29, 1.82) is 0 Å². The van der Waals surface area contributed by atoms with Crippen LogP contribution in [0.5, 0.6) is 0 Å². The van der Waals surface area contributed by atoms with E-state index in [1.54, 1.807) is 0 Å². The Kier molecular flexibility index (Phi) is 6.04. The fourth-order valence-electron chi connectivity index (χ4n) is 6.40. The zero-order chi connectivity index (χ0) is 27.2. The highest BCUT2D eigenvalue weighted by Gasteiger charge is 2.11. The summed E-state index contributed by atoms with van der Waals surface area (Å²) < 4.78 is 0. The number of nitrogens with zero attached hydrogens (tertiary/aromatic N) is 2. The molecule has 8 aromatic carbocycles. The lowest BCUT2D eigenvalue weighted by Crippen LogP contribution is -1.94. The molecule has 41 heavy (non-hydrogen) atoms. The van der Waals surface area contributed by atoms with Gasteiger partial charge in [0.15, 0.2) is 0 Å². The van der Waals surface area contributed by atoms with E-state index in [2.05, 4.69) is 122 Å². The molecule has 2 nitrogen and oxygen atoms in total. The summed E-state index contributed by atoms with van der Waals surface area (Å²) in [5, 5.41) is 15.8. The van der Waals surface area contributed by atoms with Crippen molar-refractivity contribution in [2.45, 2.75) is 0 Å². The van der Waals surface area contributed by atoms with Crippen molar-refractivity contribution in [2.75, 3.05) is 24.6 Å². The highest BCUT2D eigenvalue weighted by Crippen LogP contribution is 2.36. The van der Waals surface area contributed by atoms with Gasteiger partial charge in [-0.1, -0.05) is 109 Å².